The van der Waals surface area contributed by atoms with E-state index in [1.54, 1.807) is 17.0 Å². The summed E-state index contributed by atoms with van der Waals surface area (Å²) >= 11 is 0. The summed E-state index contributed by atoms with van der Waals surface area (Å²) in [7, 11) is 0. The summed E-state index contributed by atoms with van der Waals surface area (Å²) in [5.74, 6) is 0.253. The van der Waals surface area contributed by atoms with Crippen molar-refractivity contribution in [3.05, 3.63) is 24.2 Å². The molecule has 1 aliphatic rings. The van der Waals surface area contributed by atoms with E-state index in [2.05, 4.69) is 0 Å². The van der Waals surface area contributed by atoms with E-state index in [9.17, 15) is 9.59 Å². The van der Waals surface area contributed by atoms with Crippen LogP contribution >= 0.6 is 0 Å². The third-order valence-corrected chi connectivity index (χ3v) is 3.29. The van der Waals surface area contributed by atoms with E-state index in [0.717, 1.165) is 12.8 Å². The minimum Gasteiger partial charge on any atom is -0.459 e. The number of hydrogen-bond acceptors (Lipinski definition) is 3. The Balaban J connectivity index is 2.18. The fraction of sp³-hybridized carbons (Fsp3) is 0.571. The van der Waals surface area contributed by atoms with Crippen molar-refractivity contribution in [2.45, 2.75) is 39.7 Å². The van der Waals surface area contributed by atoms with Crippen LogP contribution in [0.4, 0.5) is 0 Å². The molecule has 0 unspecified atom stereocenters. The van der Waals surface area contributed by atoms with Gasteiger partial charge in [0, 0.05) is 12.0 Å². The number of carbonyl (C=O) groups is 2. The Hall–Kier alpha value is -1.58. The maximum atomic E-state index is 12.3. The summed E-state index contributed by atoms with van der Waals surface area (Å²) in [5.41, 5.74) is -0.420. The molecule has 0 aliphatic carbocycles. The summed E-state index contributed by atoms with van der Waals surface area (Å²) in [6.07, 6.45) is 3.10. The Morgan fingerprint density at radius 2 is 2.11 bits per heavy atom. The molecular weight excluding hydrogens is 230 g/mol. The molecule has 0 radical (unpaired) electrons. The van der Waals surface area contributed by atoms with Gasteiger partial charge in [-0.25, -0.2) is 0 Å². The van der Waals surface area contributed by atoms with Crippen molar-refractivity contribution in [2.75, 3.05) is 6.54 Å². The fourth-order valence-electron chi connectivity index (χ4n) is 2.32. The molecule has 1 aromatic heterocycles. The molecule has 1 amide bonds. The number of furan rings is 1. The van der Waals surface area contributed by atoms with Gasteiger partial charge in [-0.2, -0.15) is 0 Å². The minimum absolute atomic E-state index is 0.125. The standard InChI is InChI=1S/C14H19NO3/c1-14(2,3)12(16)10-6-4-8-15(10)13(17)11-7-5-9-18-11/h5,7,9-10H,4,6,8H2,1-3H3/t10-/m0/s1. The highest BCUT2D eigenvalue weighted by Gasteiger charge is 2.39. The van der Waals surface area contributed by atoms with Crippen molar-refractivity contribution in [3.63, 3.8) is 0 Å². The minimum atomic E-state index is -0.420. The first-order valence-electron chi connectivity index (χ1n) is 6.30. The molecule has 1 saturated heterocycles. The lowest BCUT2D eigenvalue weighted by molar-refractivity contribution is -0.130. The summed E-state index contributed by atoms with van der Waals surface area (Å²) in [6.45, 7) is 6.31. The second-order valence-corrected chi connectivity index (χ2v) is 5.75. The molecular formula is C14H19NO3. The number of hydrogen-bond donors (Lipinski definition) is 0. The van der Waals surface area contributed by atoms with Crippen LogP contribution in [0.1, 0.15) is 44.2 Å². The van der Waals surface area contributed by atoms with Gasteiger partial charge in [-0.15, -0.1) is 0 Å². The van der Waals surface area contributed by atoms with Crippen LogP contribution in [0.15, 0.2) is 22.8 Å². The van der Waals surface area contributed by atoms with Crippen molar-refractivity contribution in [1.82, 2.24) is 4.90 Å². The largest absolute Gasteiger partial charge is 0.459 e. The van der Waals surface area contributed by atoms with Gasteiger partial charge in [-0.05, 0) is 25.0 Å². The topological polar surface area (TPSA) is 50.5 Å². The van der Waals surface area contributed by atoms with Crippen molar-refractivity contribution in [3.8, 4) is 0 Å². The second-order valence-electron chi connectivity index (χ2n) is 5.75. The monoisotopic (exact) mass is 249 g/mol. The number of Topliss-reactive ketones (excluding diaryl/α,β-unsaturated/α-hetero) is 1. The molecule has 0 spiro atoms. The van der Waals surface area contributed by atoms with Gasteiger partial charge in [-0.3, -0.25) is 9.59 Å². The molecule has 18 heavy (non-hydrogen) atoms. The summed E-state index contributed by atoms with van der Waals surface area (Å²) < 4.78 is 5.12. The number of likely N-dealkylation sites (tertiary alicyclic amines) is 1. The van der Waals surface area contributed by atoms with E-state index in [1.807, 2.05) is 20.8 Å². The van der Waals surface area contributed by atoms with E-state index in [1.165, 1.54) is 6.26 Å². The van der Waals surface area contributed by atoms with Gasteiger partial charge in [-0.1, -0.05) is 20.8 Å². The van der Waals surface area contributed by atoms with Crippen LogP contribution in [-0.2, 0) is 4.79 Å². The zero-order valence-electron chi connectivity index (χ0n) is 11.1. The van der Waals surface area contributed by atoms with Crippen LogP contribution in [0.5, 0.6) is 0 Å². The van der Waals surface area contributed by atoms with Gasteiger partial charge in [0.1, 0.15) is 0 Å². The van der Waals surface area contributed by atoms with E-state index < -0.39 is 5.41 Å². The Morgan fingerprint density at radius 1 is 1.39 bits per heavy atom. The van der Waals surface area contributed by atoms with Crippen LogP contribution in [0.25, 0.3) is 0 Å². The average molecular weight is 249 g/mol. The molecule has 0 saturated carbocycles. The molecule has 1 aliphatic heterocycles. The van der Waals surface area contributed by atoms with Gasteiger partial charge in [0.15, 0.2) is 11.5 Å². The molecule has 1 atom stereocenters. The van der Waals surface area contributed by atoms with Gasteiger partial charge >= 0.3 is 0 Å². The Labute approximate surface area is 107 Å². The predicted octanol–water partition coefficient (Wildman–Crippen LogP) is 2.50. The zero-order chi connectivity index (χ0) is 13.3. The average Bonchev–Trinajstić information content (AvgIpc) is 2.97. The molecule has 1 aromatic rings. The third-order valence-electron chi connectivity index (χ3n) is 3.29. The fourth-order valence-corrected chi connectivity index (χ4v) is 2.32. The second kappa shape index (κ2) is 4.59. The van der Waals surface area contributed by atoms with Crippen LogP contribution in [0.2, 0.25) is 0 Å². The van der Waals surface area contributed by atoms with E-state index in [4.69, 9.17) is 4.42 Å². The number of ketones is 1. The zero-order valence-corrected chi connectivity index (χ0v) is 11.1. The smallest absolute Gasteiger partial charge is 0.290 e. The maximum Gasteiger partial charge on any atom is 0.290 e. The Morgan fingerprint density at radius 3 is 2.67 bits per heavy atom. The van der Waals surface area contributed by atoms with E-state index >= 15 is 0 Å². The molecule has 0 bridgehead atoms. The highest BCUT2D eigenvalue weighted by Crippen LogP contribution is 2.27. The molecule has 0 N–H and O–H groups in total. The first-order chi connectivity index (χ1) is 8.41. The van der Waals surface area contributed by atoms with Gasteiger partial charge in [0.2, 0.25) is 0 Å². The van der Waals surface area contributed by atoms with E-state index in [0.29, 0.717) is 12.3 Å². The molecule has 2 heterocycles. The summed E-state index contributed by atoms with van der Waals surface area (Å²) in [6, 6.07) is 3.02. The molecule has 4 nitrogen and oxygen atoms in total. The van der Waals surface area contributed by atoms with Crippen molar-refractivity contribution in [1.29, 1.82) is 0 Å². The molecule has 0 aromatic carbocycles. The molecule has 98 valence electrons. The van der Waals surface area contributed by atoms with Gasteiger partial charge < -0.3 is 9.32 Å². The summed E-state index contributed by atoms with van der Waals surface area (Å²) in [4.78, 5) is 26.2. The lowest BCUT2D eigenvalue weighted by atomic mass is 9.85. The summed E-state index contributed by atoms with van der Waals surface area (Å²) in [5, 5.41) is 0. The van der Waals surface area contributed by atoms with Crippen molar-refractivity contribution >= 4 is 11.7 Å². The lowest BCUT2D eigenvalue weighted by Gasteiger charge is -2.28. The number of nitrogens with zero attached hydrogens (tertiary/aromatic N) is 1. The predicted molar refractivity (Wildman–Crippen MR) is 67.2 cm³/mol. The van der Waals surface area contributed by atoms with E-state index in [-0.39, 0.29) is 17.7 Å². The number of carbonyl (C=O) groups excluding carboxylic acids is 2. The molecule has 4 heteroatoms. The first kappa shape index (κ1) is 12.9. The van der Waals surface area contributed by atoms with Crippen LogP contribution < -0.4 is 0 Å². The maximum absolute atomic E-state index is 12.3. The number of rotatable bonds is 2. The van der Waals surface area contributed by atoms with Crippen LogP contribution in [0.3, 0.4) is 0 Å². The SMILES string of the molecule is CC(C)(C)C(=O)[C@@H]1CCCN1C(=O)c1ccco1. The molecule has 2 rings (SSSR count). The van der Waals surface area contributed by atoms with Crippen LogP contribution in [0, 0.1) is 5.41 Å². The van der Waals surface area contributed by atoms with Crippen molar-refractivity contribution in [2.24, 2.45) is 5.41 Å². The van der Waals surface area contributed by atoms with Gasteiger partial charge in [0.05, 0.1) is 12.3 Å². The number of amides is 1. The highest BCUT2D eigenvalue weighted by atomic mass is 16.3. The lowest BCUT2D eigenvalue weighted by Crippen LogP contribution is -2.44. The Kier molecular flexibility index (Phi) is 3.28. The third kappa shape index (κ3) is 2.33. The van der Waals surface area contributed by atoms with Crippen molar-refractivity contribution < 1.29 is 14.0 Å². The Bertz CT molecular complexity index is 442. The molecule has 1 fully saturated rings. The van der Waals surface area contributed by atoms with Crippen LogP contribution in [-0.4, -0.2) is 29.2 Å². The first-order valence-corrected chi connectivity index (χ1v) is 6.30. The quantitative estimate of drug-likeness (QED) is 0.809. The van der Waals surface area contributed by atoms with Gasteiger partial charge in [0.25, 0.3) is 5.91 Å². The highest BCUT2D eigenvalue weighted by molar-refractivity contribution is 5.97. The normalized spacial score (nSPS) is 20.2.